The van der Waals surface area contributed by atoms with E-state index in [1.165, 1.54) is 18.2 Å². The van der Waals surface area contributed by atoms with Gasteiger partial charge in [-0.25, -0.2) is 9.18 Å². The van der Waals surface area contributed by atoms with Gasteiger partial charge in [0, 0.05) is 24.6 Å². The third-order valence-corrected chi connectivity index (χ3v) is 4.71. The summed E-state index contributed by atoms with van der Waals surface area (Å²) in [5.74, 6) is 0.0780. The van der Waals surface area contributed by atoms with E-state index in [2.05, 4.69) is 28.8 Å². The maximum absolute atomic E-state index is 14.1. The van der Waals surface area contributed by atoms with Crippen LogP contribution in [-0.2, 0) is 13.0 Å². The summed E-state index contributed by atoms with van der Waals surface area (Å²) in [7, 11) is 1.42. The Hall–Kier alpha value is -2.56. The van der Waals surface area contributed by atoms with Gasteiger partial charge in [-0.3, -0.25) is 0 Å². The molecule has 0 radical (unpaired) electrons. The molecule has 2 aromatic rings. The number of halogens is 1. The normalized spacial score (nSPS) is 16.0. The van der Waals surface area contributed by atoms with Gasteiger partial charge in [0.2, 0.25) is 0 Å². The van der Waals surface area contributed by atoms with E-state index in [-0.39, 0.29) is 18.3 Å². The summed E-state index contributed by atoms with van der Waals surface area (Å²) in [6.45, 7) is 0.708. The largest absolute Gasteiger partial charge is 0.494 e. The molecule has 132 valence electrons. The number of rotatable bonds is 5. The van der Waals surface area contributed by atoms with Crippen molar-refractivity contribution in [2.75, 3.05) is 13.7 Å². The molecule has 0 aliphatic heterocycles. The van der Waals surface area contributed by atoms with E-state index in [1.54, 1.807) is 18.2 Å². The maximum Gasteiger partial charge on any atom is 0.315 e. The van der Waals surface area contributed by atoms with Gasteiger partial charge in [-0.1, -0.05) is 36.4 Å². The summed E-state index contributed by atoms with van der Waals surface area (Å²) in [4.78, 5) is 12.1. The quantitative estimate of drug-likeness (QED) is 0.869. The average molecular weight is 342 g/mol. The van der Waals surface area contributed by atoms with Crippen LogP contribution in [0.4, 0.5) is 9.18 Å². The van der Waals surface area contributed by atoms with Crippen LogP contribution in [0.25, 0.3) is 0 Å². The van der Waals surface area contributed by atoms with Crippen LogP contribution < -0.4 is 15.4 Å². The summed E-state index contributed by atoms with van der Waals surface area (Å²) in [6, 6.07) is 13.0. The first-order valence-corrected chi connectivity index (χ1v) is 8.60. The van der Waals surface area contributed by atoms with Crippen molar-refractivity contribution in [2.24, 2.45) is 0 Å². The van der Waals surface area contributed by atoms with Crippen molar-refractivity contribution >= 4 is 6.03 Å². The van der Waals surface area contributed by atoms with Crippen molar-refractivity contribution in [1.82, 2.24) is 10.6 Å². The smallest absolute Gasteiger partial charge is 0.315 e. The Kier molecular flexibility index (Phi) is 5.53. The zero-order valence-electron chi connectivity index (χ0n) is 14.3. The molecule has 0 spiro atoms. The number of carbonyl (C=O) groups excluding carboxylic acids is 1. The molecular weight excluding hydrogens is 319 g/mol. The molecule has 2 amide bonds. The van der Waals surface area contributed by atoms with Crippen molar-refractivity contribution < 1.29 is 13.9 Å². The van der Waals surface area contributed by atoms with Crippen LogP contribution in [0.15, 0.2) is 42.5 Å². The highest BCUT2D eigenvalue weighted by Gasteiger charge is 2.20. The molecular formula is C20H23FN2O2. The second kappa shape index (κ2) is 8.01. The SMILES string of the molecule is COc1cccc(CNC(=O)NCC2CCCc3ccccc32)c1F. The lowest BCUT2D eigenvalue weighted by atomic mass is 9.83. The first kappa shape index (κ1) is 17.3. The highest BCUT2D eigenvalue weighted by Crippen LogP contribution is 2.30. The maximum atomic E-state index is 14.1. The molecule has 0 fully saturated rings. The fourth-order valence-corrected chi connectivity index (χ4v) is 3.37. The predicted octanol–water partition coefficient (Wildman–Crippen LogP) is 3.75. The van der Waals surface area contributed by atoms with E-state index >= 15 is 0 Å². The summed E-state index contributed by atoms with van der Waals surface area (Å²) < 4.78 is 19.0. The number of nitrogens with one attached hydrogen (secondary N) is 2. The van der Waals surface area contributed by atoms with E-state index in [0.29, 0.717) is 18.0 Å². The van der Waals surface area contributed by atoms with Crippen LogP contribution in [0.3, 0.4) is 0 Å². The number of ether oxygens (including phenoxy) is 1. The molecule has 1 aliphatic rings. The molecule has 5 heteroatoms. The number of carbonyl (C=O) groups is 1. The third-order valence-electron chi connectivity index (χ3n) is 4.71. The zero-order chi connectivity index (χ0) is 17.6. The Morgan fingerprint density at radius 2 is 2.04 bits per heavy atom. The topological polar surface area (TPSA) is 50.4 Å². The van der Waals surface area contributed by atoms with Gasteiger partial charge in [0.1, 0.15) is 0 Å². The van der Waals surface area contributed by atoms with Crippen molar-refractivity contribution in [3.8, 4) is 5.75 Å². The van der Waals surface area contributed by atoms with E-state index < -0.39 is 5.82 Å². The van der Waals surface area contributed by atoms with Crippen LogP contribution in [0.5, 0.6) is 5.75 Å². The van der Waals surface area contributed by atoms with E-state index in [0.717, 1.165) is 19.3 Å². The first-order chi connectivity index (χ1) is 12.2. The standard InChI is InChI=1S/C20H23FN2O2/c1-25-18-11-5-9-16(19(18)21)13-23-20(24)22-12-15-8-4-7-14-6-2-3-10-17(14)15/h2-3,5-6,9-11,15H,4,7-8,12-13H2,1H3,(H2,22,23,24). The molecule has 0 bridgehead atoms. The van der Waals surface area contributed by atoms with Gasteiger partial charge in [0.15, 0.2) is 11.6 Å². The van der Waals surface area contributed by atoms with Crippen LogP contribution in [0.1, 0.15) is 35.4 Å². The predicted molar refractivity (Wildman–Crippen MR) is 95.3 cm³/mol. The number of benzene rings is 2. The van der Waals surface area contributed by atoms with Crippen molar-refractivity contribution in [1.29, 1.82) is 0 Å². The molecule has 1 atom stereocenters. The number of hydrogen-bond acceptors (Lipinski definition) is 2. The van der Waals surface area contributed by atoms with Gasteiger partial charge in [0.25, 0.3) is 0 Å². The lowest BCUT2D eigenvalue weighted by Gasteiger charge is -2.25. The minimum absolute atomic E-state index is 0.121. The molecule has 0 heterocycles. The molecule has 4 nitrogen and oxygen atoms in total. The van der Waals surface area contributed by atoms with Gasteiger partial charge in [-0.05, 0) is 36.5 Å². The molecule has 25 heavy (non-hydrogen) atoms. The van der Waals surface area contributed by atoms with Gasteiger partial charge in [-0.2, -0.15) is 0 Å². The molecule has 3 rings (SSSR count). The number of amides is 2. The Morgan fingerprint density at radius 1 is 1.20 bits per heavy atom. The van der Waals surface area contributed by atoms with E-state index in [9.17, 15) is 9.18 Å². The monoisotopic (exact) mass is 342 g/mol. The van der Waals surface area contributed by atoms with E-state index in [4.69, 9.17) is 4.74 Å². The number of fused-ring (bicyclic) bond motifs is 1. The lowest BCUT2D eigenvalue weighted by Crippen LogP contribution is -2.38. The van der Waals surface area contributed by atoms with Gasteiger partial charge >= 0.3 is 6.03 Å². The Morgan fingerprint density at radius 3 is 2.88 bits per heavy atom. The lowest BCUT2D eigenvalue weighted by molar-refractivity contribution is 0.239. The highest BCUT2D eigenvalue weighted by atomic mass is 19.1. The summed E-state index contributed by atoms with van der Waals surface area (Å²) in [5.41, 5.74) is 3.10. The highest BCUT2D eigenvalue weighted by molar-refractivity contribution is 5.73. The van der Waals surface area contributed by atoms with Crippen molar-refractivity contribution in [3.63, 3.8) is 0 Å². The number of aryl methyl sites for hydroxylation is 1. The van der Waals surface area contributed by atoms with Crippen LogP contribution >= 0.6 is 0 Å². The summed E-state index contributed by atoms with van der Waals surface area (Å²) in [5, 5.41) is 5.62. The molecule has 0 saturated heterocycles. The van der Waals surface area contributed by atoms with Crippen molar-refractivity contribution in [2.45, 2.75) is 31.7 Å². The first-order valence-electron chi connectivity index (χ1n) is 8.60. The van der Waals surface area contributed by atoms with Crippen LogP contribution in [0, 0.1) is 5.82 Å². The second-order valence-corrected chi connectivity index (χ2v) is 6.28. The number of urea groups is 1. The van der Waals surface area contributed by atoms with Gasteiger partial charge in [-0.15, -0.1) is 0 Å². The number of methoxy groups -OCH3 is 1. The Labute approximate surface area is 147 Å². The van der Waals surface area contributed by atoms with Crippen LogP contribution in [-0.4, -0.2) is 19.7 Å². The van der Waals surface area contributed by atoms with Crippen molar-refractivity contribution in [3.05, 3.63) is 65.0 Å². The third kappa shape index (κ3) is 4.10. The molecule has 1 aliphatic carbocycles. The Balaban J connectivity index is 1.53. The fourth-order valence-electron chi connectivity index (χ4n) is 3.37. The molecule has 0 aromatic heterocycles. The molecule has 2 aromatic carbocycles. The minimum Gasteiger partial charge on any atom is -0.494 e. The van der Waals surface area contributed by atoms with E-state index in [1.807, 2.05) is 6.07 Å². The Bertz CT molecular complexity index is 748. The molecule has 1 unspecified atom stereocenters. The molecule has 2 N–H and O–H groups in total. The summed E-state index contributed by atoms with van der Waals surface area (Å²) >= 11 is 0. The van der Waals surface area contributed by atoms with Gasteiger partial charge in [0.05, 0.1) is 7.11 Å². The number of hydrogen-bond donors (Lipinski definition) is 2. The zero-order valence-corrected chi connectivity index (χ0v) is 14.3. The van der Waals surface area contributed by atoms with Gasteiger partial charge < -0.3 is 15.4 Å². The average Bonchev–Trinajstić information content (AvgIpc) is 2.65. The summed E-state index contributed by atoms with van der Waals surface area (Å²) in [6.07, 6.45) is 3.32. The minimum atomic E-state index is -0.438. The van der Waals surface area contributed by atoms with Crippen LogP contribution in [0.2, 0.25) is 0 Å². The molecule has 0 saturated carbocycles. The fraction of sp³-hybridized carbons (Fsp3) is 0.350. The second-order valence-electron chi connectivity index (χ2n) is 6.28.